The Kier molecular flexibility index (Phi) is 4.53. The number of hydrogen-bond acceptors (Lipinski definition) is 3. The first-order valence-electron chi connectivity index (χ1n) is 9.04. The summed E-state index contributed by atoms with van der Waals surface area (Å²) >= 11 is 0. The molecule has 5 nitrogen and oxygen atoms in total. The summed E-state index contributed by atoms with van der Waals surface area (Å²) in [7, 11) is 0. The van der Waals surface area contributed by atoms with Gasteiger partial charge in [-0.05, 0) is 56.6 Å². The van der Waals surface area contributed by atoms with Crippen molar-refractivity contribution < 1.29 is 9.18 Å². The quantitative estimate of drug-likeness (QED) is 0.803. The van der Waals surface area contributed by atoms with Crippen LogP contribution in [0.2, 0.25) is 0 Å². The van der Waals surface area contributed by atoms with E-state index in [1.807, 2.05) is 0 Å². The molecule has 1 atom stereocenters. The number of imidazole rings is 1. The van der Waals surface area contributed by atoms with Crippen LogP contribution in [0.15, 0.2) is 24.3 Å². The number of aromatic amines is 1. The second kappa shape index (κ2) is 6.96. The van der Waals surface area contributed by atoms with Crippen molar-refractivity contribution in [2.24, 2.45) is 0 Å². The van der Waals surface area contributed by atoms with Crippen LogP contribution in [0.3, 0.4) is 0 Å². The largest absolute Gasteiger partial charge is 0.356 e. The molecule has 0 aliphatic carbocycles. The SMILES string of the molecule is O=C1CC(c2[nH]c(C3CCNCC3)nc2-c2ccc(F)cc2)CCN1. The topological polar surface area (TPSA) is 69.8 Å². The standard InChI is InChI=1S/C19H23FN4O/c20-15-3-1-12(2-4-15)17-18(14-7-10-22-16(25)11-14)24-19(23-17)13-5-8-21-9-6-13/h1-4,13-14,21H,5-11H2,(H,22,25)(H,23,24). The van der Waals surface area contributed by atoms with E-state index in [2.05, 4.69) is 15.6 Å². The fraction of sp³-hybridized carbons (Fsp3) is 0.474. The number of H-pyrrole nitrogens is 1. The van der Waals surface area contributed by atoms with E-state index in [0.717, 1.165) is 55.1 Å². The molecule has 2 aliphatic rings. The van der Waals surface area contributed by atoms with E-state index in [0.29, 0.717) is 18.9 Å². The van der Waals surface area contributed by atoms with Gasteiger partial charge in [0.2, 0.25) is 5.91 Å². The van der Waals surface area contributed by atoms with Gasteiger partial charge in [-0.2, -0.15) is 0 Å². The molecule has 25 heavy (non-hydrogen) atoms. The molecule has 1 aromatic carbocycles. The summed E-state index contributed by atoms with van der Waals surface area (Å²) in [6, 6.07) is 6.46. The van der Waals surface area contributed by atoms with Crippen molar-refractivity contribution in [2.45, 2.75) is 37.5 Å². The maximum Gasteiger partial charge on any atom is 0.220 e. The Morgan fingerprint density at radius 1 is 1.00 bits per heavy atom. The van der Waals surface area contributed by atoms with E-state index in [1.165, 1.54) is 12.1 Å². The minimum atomic E-state index is -0.253. The number of carbonyl (C=O) groups is 1. The Balaban J connectivity index is 1.72. The summed E-state index contributed by atoms with van der Waals surface area (Å²) in [4.78, 5) is 20.3. The molecule has 0 bridgehead atoms. The number of amides is 1. The van der Waals surface area contributed by atoms with Crippen molar-refractivity contribution >= 4 is 5.91 Å². The molecule has 3 heterocycles. The van der Waals surface area contributed by atoms with Crippen molar-refractivity contribution in [3.63, 3.8) is 0 Å². The number of benzene rings is 1. The van der Waals surface area contributed by atoms with E-state index in [-0.39, 0.29) is 17.6 Å². The van der Waals surface area contributed by atoms with Crippen LogP contribution in [0.1, 0.15) is 49.0 Å². The lowest BCUT2D eigenvalue weighted by Crippen LogP contribution is -2.32. The van der Waals surface area contributed by atoms with Crippen LogP contribution in [-0.2, 0) is 4.79 Å². The Labute approximate surface area is 146 Å². The van der Waals surface area contributed by atoms with Crippen LogP contribution >= 0.6 is 0 Å². The lowest BCUT2D eigenvalue weighted by atomic mass is 9.91. The Bertz CT molecular complexity index is 749. The van der Waals surface area contributed by atoms with Crippen LogP contribution in [0, 0.1) is 5.82 Å². The van der Waals surface area contributed by atoms with Crippen molar-refractivity contribution in [3.8, 4) is 11.3 Å². The maximum atomic E-state index is 13.3. The number of piperidine rings is 2. The highest BCUT2D eigenvalue weighted by molar-refractivity contribution is 5.78. The zero-order chi connectivity index (χ0) is 17.2. The number of halogens is 1. The molecule has 1 unspecified atom stereocenters. The number of nitrogens with zero attached hydrogens (tertiary/aromatic N) is 1. The van der Waals surface area contributed by atoms with Crippen molar-refractivity contribution in [1.29, 1.82) is 0 Å². The van der Waals surface area contributed by atoms with Gasteiger partial charge in [0, 0.05) is 36.1 Å². The first-order valence-corrected chi connectivity index (χ1v) is 9.04. The molecule has 1 amide bonds. The van der Waals surface area contributed by atoms with Crippen LogP contribution in [0.25, 0.3) is 11.3 Å². The van der Waals surface area contributed by atoms with Gasteiger partial charge in [0.1, 0.15) is 11.6 Å². The molecule has 2 aliphatic heterocycles. The second-order valence-electron chi connectivity index (χ2n) is 6.96. The zero-order valence-corrected chi connectivity index (χ0v) is 14.1. The third-order valence-electron chi connectivity index (χ3n) is 5.25. The van der Waals surface area contributed by atoms with Gasteiger partial charge in [-0.3, -0.25) is 4.79 Å². The molecule has 2 fully saturated rings. The van der Waals surface area contributed by atoms with Gasteiger partial charge in [0.05, 0.1) is 5.69 Å². The Morgan fingerprint density at radius 3 is 2.44 bits per heavy atom. The summed E-state index contributed by atoms with van der Waals surface area (Å²) in [6.45, 7) is 2.69. The van der Waals surface area contributed by atoms with Crippen LogP contribution < -0.4 is 10.6 Å². The molecular weight excluding hydrogens is 319 g/mol. The number of rotatable bonds is 3. The monoisotopic (exact) mass is 342 g/mol. The highest BCUT2D eigenvalue weighted by Gasteiger charge is 2.28. The smallest absolute Gasteiger partial charge is 0.220 e. The first kappa shape index (κ1) is 16.3. The van der Waals surface area contributed by atoms with Gasteiger partial charge in [0.15, 0.2) is 0 Å². The molecule has 0 spiro atoms. The fourth-order valence-electron chi connectivity index (χ4n) is 3.85. The molecular formula is C19H23FN4O. The molecule has 2 saturated heterocycles. The summed E-state index contributed by atoms with van der Waals surface area (Å²) in [5.41, 5.74) is 2.79. The zero-order valence-electron chi connectivity index (χ0n) is 14.1. The number of carbonyl (C=O) groups excluding carboxylic acids is 1. The maximum absolute atomic E-state index is 13.3. The lowest BCUT2D eigenvalue weighted by molar-refractivity contribution is -0.122. The van der Waals surface area contributed by atoms with E-state index in [1.54, 1.807) is 12.1 Å². The average molecular weight is 342 g/mol. The minimum absolute atomic E-state index is 0.0827. The van der Waals surface area contributed by atoms with E-state index < -0.39 is 0 Å². The summed E-state index contributed by atoms with van der Waals surface area (Å²) in [5.74, 6) is 1.38. The van der Waals surface area contributed by atoms with Crippen molar-refractivity contribution in [2.75, 3.05) is 19.6 Å². The number of aromatic nitrogens is 2. The van der Waals surface area contributed by atoms with Gasteiger partial charge in [-0.15, -0.1) is 0 Å². The second-order valence-corrected chi connectivity index (χ2v) is 6.96. The molecule has 6 heteroatoms. The van der Waals surface area contributed by atoms with Crippen LogP contribution in [-0.4, -0.2) is 35.5 Å². The van der Waals surface area contributed by atoms with Gasteiger partial charge in [-0.1, -0.05) is 0 Å². The third-order valence-corrected chi connectivity index (χ3v) is 5.25. The molecule has 132 valence electrons. The molecule has 1 aromatic heterocycles. The highest BCUT2D eigenvalue weighted by Crippen LogP contribution is 2.35. The third kappa shape index (κ3) is 3.44. The van der Waals surface area contributed by atoms with Crippen LogP contribution in [0.5, 0.6) is 0 Å². The molecule has 3 N–H and O–H groups in total. The Hall–Kier alpha value is -2.21. The molecule has 2 aromatic rings. The van der Waals surface area contributed by atoms with Crippen molar-refractivity contribution in [1.82, 2.24) is 20.6 Å². The van der Waals surface area contributed by atoms with Gasteiger partial charge in [-0.25, -0.2) is 9.37 Å². The van der Waals surface area contributed by atoms with Crippen LogP contribution in [0.4, 0.5) is 4.39 Å². The van der Waals surface area contributed by atoms with E-state index in [9.17, 15) is 9.18 Å². The minimum Gasteiger partial charge on any atom is -0.356 e. The normalized spacial score (nSPS) is 22.0. The van der Waals surface area contributed by atoms with Crippen molar-refractivity contribution in [3.05, 3.63) is 41.6 Å². The predicted molar refractivity (Wildman–Crippen MR) is 93.8 cm³/mol. The van der Waals surface area contributed by atoms with Gasteiger partial charge in [0.25, 0.3) is 0 Å². The fourth-order valence-corrected chi connectivity index (χ4v) is 3.85. The number of nitrogens with one attached hydrogen (secondary N) is 3. The number of hydrogen-bond donors (Lipinski definition) is 3. The van der Waals surface area contributed by atoms with Gasteiger partial charge < -0.3 is 15.6 Å². The first-order chi connectivity index (χ1) is 12.2. The average Bonchev–Trinajstić information content (AvgIpc) is 3.08. The lowest BCUT2D eigenvalue weighted by Gasteiger charge is -2.22. The van der Waals surface area contributed by atoms with E-state index in [4.69, 9.17) is 4.98 Å². The summed E-state index contributed by atoms with van der Waals surface area (Å²) < 4.78 is 13.3. The predicted octanol–water partition coefficient (Wildman–Crippen LogP) is 2.68. The molecule has 4 rings (SSSR count). The highest BCUT2D eigenvalue weighted by atomic mass is 19.1. The van der Waals surface area contributed by atoms with E-state index >= 15 is 0 Å². The Morgan fingerprint density at radius 2 is 1.72 bits per heavy atom. The van der Waals surface area contributed by atoms with Gasteiger partial charge >= 0.3 is 0 Å². The summed E-state index contributed by atoms with van der Waals surface area (Å²) in [5, 5.41) is 6.26. The molecule has 0 radical (unpaired) electrons. The molecule has 0 saturated carbocycles. The summed E-state index contributed by atoms with van der Waals surface area (Å²) in [6.07, 6.45) is 3.48.